The predicted octanol–water partition coefficient (Wildman–Crippen LogP) is 1.19. The molecule has 0 aliphatic carbocycles. The first-order valence-corrected chi connectivity index (χ1v) is 4.80. The highest BCUT2D eigenvalue weighted by molar-refractivity contribution is 5.46. The quantitative estimate of drug-likeness (QED) is 0.732. The van der Waals surface area contributed by atoms with Gasteiger partial charge in [-0.2, -0.15) is 5.26 Å². The van der Waals surface area contributed by atoms with E-state index in [9.17, 15) is 0 Å². The zero-order valence-corrected chi connectivity index (χ0v) is 8.90. The maximum Gasteiger partial charge on any atom is 0.182 e. The van der Waals surface area contributed by atoms with Gasteiger partial charge in [0.1, 0.15) is 6.07 Å². The van der Waals surface area contributed by atoms with E-state index in [0.717, 1.165) is 0 Å². The number of nitriles is 1. The number of anilines is 1. The summed E-state index contributed by atoms with van der Waals surface area (Å²) in [5, 5.41) is 11.7. The summed E-state index contributed by atoms with van der Waals surface area (Å²) < 4.78 is 5.34. The van der Waals surface area contributed by atoms with Gasteiger partial charge in [0, 0.05) is 18.9 Å². The maximum absolute atomic E-state index is 8.74. The van der Waals surface area contributed by atoms with Crippen molar-refractivity contribution in [2.75, 3.05) is 18.5 Å². The number of rotatable bonds is 5. The van der Waals surface area contributed by atoms with Gasteiger partial charge in [-0.3, -0.25) is 0 Å². The van der Waals surface area contributed by atoms with E-state index in [4.69, 9.17) is 10.00 Å². The van der Waals surface area contributed by atoms with Crippen molar-refractivity contribution in [2.24, 2.45) is 0 Å². The molecule has 0 aliphatic heterocycles. The highest BCUT2D eigenvalue weighted by Crippen LogP contribution is 2.05. The first-order chi connectivity index (χ1) is 7.24. The van der Waals surface area contributed by atoms with Gasteiger partial charge >= 0.3 is 0 Å². The van der Waals surface area contributed by atoms with Gasteiger partial charge in [-0.25, -0.2) is 9.97 Å². The second-order valence-electron chi connectivity index (χ2n) is 3.21. The van der Waals surface area contributed by atoms with Crippen molar-refractivity contribution in [3.63, 3.8) is 0 Å². The second-order valence-corrected chi connectivity index (χ2v) is 3.21. The van der Waals surface area contributed by atoms with Crippen molar-refractivity contribution in [1.82, 2.24) is 9.97 Å². The molecule has 0 unspecified atom stereocenters. The van der Waals surface area contributed by atoms with Crippen LogP contribution >= 0.6 is 0 Å². The minimum Gasteiger partial charge on any atom is -0.377 e. The van der Waals surface area contributed by atoms with Crippen LogP contribution in [0.1, 0.15) is 19.5 Å². The minimum absolute atomic E-state index is 0.212. The summed E-state index contributed by atoms with van der Waals surface area (Å²) in [6.45, 7) is 5.15. The fourth-order valence-electron chi connectivity index (χ4n) is 1.01. The highest BCUT2D eigenvalue weighted by Gasteiger charge is 2.02. The third kappa shape index (κ3) is 3.92. The summed E-state index contributed by atoms with van der Waals surface area (Å²) in [5.41, 5.74) is 0.307. The fourth-order valence-corrected chi connectivity index (χ4v) is 1.01. The molecule has 0 fully saturated rings. The van der Waals surface area contributed by atoms with Crippen LogP contribution in [0.4, 0.5) is 5.82 Å². The SMILES string of the molecule is CC(C)OCCNc1nccnc1C#N. The number of aromatic nitrogens is 2. The van der Waals surface area contributed by atoms with Crippen molar-refractivity contribution in [3.05, 3.63) is 18.1 Å². The Bertz CT molecular complexity index is 346. The Morgan fingerprint density at radius 2 is 2.20 bits per heavy atom. The molecule has 1 heterocycles. The molecule has 0 aromatic carbocycles. The second kappa shape index (κ2) is 5.94. The van der Waals surface area contributed by atoms with Crippen molar-refractivity contribution < 1.29 is 4.74 Å². The number of nitrogens with zero attached hydrogens (tertiary/aromatic N) is 3. The largest absolute Gasteiger partial charge is 0.377 e. The Morgan fingerprint density at radius 1 is 1.47 bits per heavy atom. The standard InChI is InChI=1S/C10H14N4O/c1-8(2)15-6-5-14-10-9(7-11)12-3-4-13-10/h3-4,8H,5-6H2,1-2H3,(H,13,14). The molecule has 1 rings (SSSR count). The minimum atomic E-state index is 0.212. The van der Waals surface area contributed by atoms with Crippen LogP contribution in [0.2, 0.25) is 0 Å². The Kier molecular flexibility index (Phi) is 4.51. The van der Waals surface area contributed by atoms with Crippen LogP contribution < -0.4 is 5.32 Å². The summed E-state index contributed by atoms with van der Waals surface area (Å²) in [4.78, 5) is 7.90. The van der Waals surface area contributed by atoms with E-state index in [1.54, 1.807) is 6.20 Å². The molecule has 1 aromatic rings. The van der Waals surface area contributed by atoms with Crippen LogP contribution in [0, 0.1) is 11.3 Å². The van der Waals surface area contributed by atoms with Crippen LogP contribution in [-0.2, 0) is 4.74 Å². The van der Waals surface area contributed by atoms with Crippen LogP contribution in [0.5, 0.6) is 0 Å². The molecular formula is C10H14N4O. The highest BCUT2D eigenvalue weighted by atomic mass is 16.5. The van der Waals surface area contributed by atoms with E-state index in [1.165, 1.54) is 6.20 Å². The Hall–Kier alpha value is -1.67. The van der Waals surface area contributed by atoms with Gasteiger partial charge in [0.05, 0.1) is 12.7 Å². The van der Waals surface area contributed by atoms with Gasteiger partial charge in [-0.1, -0.05) is 0 Å². The zero-order chi connectivity index (χ0) is 11.1. The summed E-state index contributed by atoms with van der Waals surface area (Å²) in [6, 6.07) is 1.97. The van der Waals surface area contributed by atoms with Crippen molar-refractivity contribution in [2.45, 2.75) is 20.0 Å². The molecule has 0 atom stereocenters. The lowest BCUT2D eigenvalue weighted by Gasteiger charge is -2.09. The van der Waals surface area contributed by atoms with Gasteiger partial charge in [0.2, 0.25) is 0 Å². The van der Waals surface area contributed by atoms with Gasteiger partial charge in [-0.15, -0.1) is 0 Å². The molecule has 0 amide bonds. The summed E-state index contributed by atoms with van der Waals surface area (Å²) in [7, 11) is 0. The average Bonchev–Trinajstić information content (AvgIpc) is 2.24. The predicted molar refractivity (Wildman–Crippen MR) is 56.3 cm³/mol. The molecule has 0 aliphatic rings. The van der Waals surface area contributed by atoms with Crippen molar-refractivity contribution in [1.29, 1.82) is 5.26 Å². The van der Waals surface area contributed by atoms with Crippen LogP contribution in [0.15, 0.2) is 12.4 Å². The summed E-state index contributed by atoms with van der Waals surface area (Å²) >= 11 is 0. The van der Waals surface area contributed by atoms with E-state index in [1.807, 2.05) is 19.9 Å². The fraction of sp³-hybridized carbons (Fsp3) is 0.500. The van der Waals surface area contributed by atoms with E-state index >= 15 is 0 Å². The monoisotopic (exact) mass is 206 g/mol. The van der Waals surface area contributed by atoms with Gasteiger partial charge < -0.3 is 10.1 Å². The Labute approximate surface area is 89.1 Å². The van der Waals surface area contributed by atoms with Gasteiger partial charge in [0.15, 0.2) is 11.5 Å². The summed E-state index contributed by atoms with van der Waals surface area (Å²) in [6.07, 6.45) is 3.25. The normalized spacial score (nSPS) is 10.0. The third-order valence-electron chi connectivity index (χ3n) is 1.65. The third-order valence-corrected chi connectivity index (χ3v) is 1.65. The van der Waals surface area contributed by atoms with Crippen molar-refractivity contribution in [3.8, 4) is 6.07 Å². The lowest BCUT2D eigenvalue weighted by molar-refractivity contribution is 0.0870. The Morgan fingerprint density at radius 3 is 2.87 bits per heavy atom. The van der Waals surface area contributed by atoms with Gasteiger partial charge in [-0.05, 0) is 13.8 Å². The molecule has 0 bridgehead atoms. The zero-order valence-electron chi connectivity index (χ0n) is 8.90. The van der Waals surface area contributed by atoms with Gasteiger partial charge in [0.25, 0.3) is 0 Å². The molecular weight excluding hydrogens is 192 g/mol. The van der Waals surface area contributed by atoms with Crippen LogP contribution in [-0.4, -0.2) is 29.2 Å². The van der Waals surface area contributed by atoms with Crippen molar-refractivity contribution >= 4 is 5.82 Å². The average molecular weight is 206 g/mol. The molecule has 1 N–H and O–H groups in total. The molecule has 15 heavy (non-hydrogen) atoms. The molecule has 0 saturated carbocycles. The van der Waals surface area contributed by atoms with Crippen LogP contribution in [0.25, 0.3) is 0 Å². The smallest absolute Gasteiger partial charge is 0.182 e. The molecule has 5 heteroatoms. The van der Waals surface area contributed by atoms with Crippen LogP contribution in [0.3, 0.4) is 0 Å². The maximum atomic E-state index is 8.74. The molecule has 80 valence electrons. The molecule has 0 radical (unpaired) electrons. The van der Waals surface area contributed by atoms with E-state index in [-0.39, 0.29) is 6.10 Å². The number of nitrogens with one attached hydrogen (secondary N) is 1. The number of ether oxygens (including phenoxy) is 1. The molecule has 0 spiro atoms. The first kappa shape index (κ1) is 11.4. The summed E-state index contributed by atoms with van der Waals surface area (Å²) in [5.74, 6) is 0.507. The molecule has 5 nitrogen and oxygen atoms in total. The molecule has 0 saturated heterocycles. The first-order valence-electron chi connectivity index (χ1n) is 4.80. The number of hydrogen-bond acceptors (Lipinski definition) is 5. The lowest BCUT2D eigenvalue weighted by atomic mass is 10.4. The topological polar surface area (TPSA) is 70.8 Å². The van der Waals surface area contributed by atoms with E-state index in [2.05, 4.69) is 15.3 Å². The van der Waals surface area contributed by atoms with E-state index < -0.39 is 0 Å². The van der Waals surface area contributed by atoms with E-state index in [0.29, 0.717) is 24.7 Å². The number of hydrogen-bond donors (Lipinski definition) is 1. The Balaban J connectivity index is 2.41. The lowest BCUT2D eigenvalue weighted by Crippen LogP contribution is -2.14. The molecule has 1 aromatic heterocycles.